The zero-order valence-corrected chi connectivity index (χ0v) is 12.3. The van der Waals surface area contributed by atoms with E-state index in [-0.39, 0.29) is 21.8 Å². The quantitative estimate of drug-likeness (QED) is 0.633. The number of carbonyl (C=O) groups is 1. The van der Waals surface area contributed by atoms with E-state index in [4.69, 9.17) is 9.44 Å². The van der Waals surface area contributed by atoms with Crippen molar-refractivity contribution in [3.63, 3.8) is 0 Å². The Morgan fingerprint density at radius 1 is 1.14 bits per heavy atom. The van der Waals surface area contributed by atoms with Crippen LogP contribution in [-0.4, -0.2) is 21.5 Å². The normalized spacial score (nSPS) is 10.5. The van der Waals surface area contributed by atoms with Gasteiger partial charge in [0.1, 0.15) is 11.0 Å². The van der Waals surface area contributed by atoms with Crippen molar-refractivity contribution in [2.24, 2.45) is 0 Å². The van der Waals surface area contributed by atoms with Gasteiger partial charge in [-0.25, -0.2) is 4.79 Å². The Morgan fingerprint density at radius 3 is 2.55 bits per heavy atom. The van der Waals surface area contributed by atoms with Gasteiger partial charge < -0.3 is 8.92 Å². The average molecular weight is 317 g/mol. The molecule has 0 spiro atoms. The number of rotatable bonds is 4. The van der Waals surface area contributed by atoms with Crippen LogP contribution < -0.4 is 4.18 Å². The second-order valence-electron chi connectivity index (χ2n) is 4.16. The fourth-order valence-electron chi connectivity index (χ4n) is 1.69. The summed E-state index contributed by atoms with van der Waals surface area (Å²) >= 11 is 0. The second kappa shape index (κ2) is 6.28. The summed E-state index contributed by atoms with van der Waals surface area (Å²) in [5.74, 6) is -0.733. The Hall–Kier alpha value is -2.85. The minimum Gasteiger partial charge on any atom is -0.465 e. The number of esters is 1. The summed E-state index contributed by atoms with van der Waals surface area (Å²) < 4.78 is 34.0. The lowest BCUT2D eigenvalue weighted by Crippen LogP contribution is -2.12. The van der Waals surface area contributed by atoms with Crippen LogP contribution in [0.1, 0.15) is 15.9 Å². The molecule has 0 radical (unpaired) electrons. The highest BCUT2D eigenvalue weighted by Crippen LogP contribution is 2.22. The summed E-state index contributed by atoms with van der Waals surface area (Å²) in [6, 6.07) is 13.1. The average Bonchev–Trinajstić information content (AvgIpc) is 2.54. The van der Waals surface area contributed by atoms with E-state index in [1.807, 2.05) is 6.07 Å². The first-order chi connectivity index (χ1) is 10.5. The molecular formula is C15H11NO5S. The predicted octanol–water partition coefficient (Wildman–Crippen LogP) is 2.11. The molecule has 0 aromatic heterocycles. The van der Waals surface area contributed by atoms with Crippen molar-refractivity contribution < 1.29 is 22.1 Å². The zero-order chi connectivity index (χ0) is 16.2. The smallest absolute Gasteiger partial charge is 0.339 e. The lowest BCUT2D eigenvalue weighted by atomic mass is 10.2. The molecule has 2 rings (SSSR count). The predicted molar refractivity (Wildman–Crippen MR) is 76.8 cm³/mol. The molecule has 0 amide bonds. The van der Waals surface area contributed by atoms with Gasteiger partial charge in [-0.15, -0.1) is 0 Å². The summed E-state index contributed by atoms with van der Waals surface area (Å²) in [7, 11) is -2.97. The maximum Gasteiger partial charge on any atom is 0.339 e. The molecule has 0 aliphatic heterocycles. The molecule has 0 aliphatic carbocycles. The number of hydrogen-bond donors (Lipinski definition) is 0. The van der Waals surface area contributed by atoms with Gasteiger partial charge in [0.25, 0.3) is 0 Å². The van der Waals surface area contributed by atoms with E-state index in [0.29, 0.717) is 0 Å². The van der Waals surface area contributed by atoms with Crippen molar-refractivity contribution >= 4 is 16.1 Å². The maximum absolute atomic E-state index is 12.2. The van der Waals surface area contributed by atoms with Crippen LogP contribution in [0.25, 0.3) is 0 Å². The van der Waals surface area contributed by atoms with Gasteiger partial charge >= 0.3 is 16.1 Å². The third-order valence-corrected chi connectivity index (χ3v) is 3.98. The molecular weight excluding hydrogens is 306 g/mol. The maximum atomic E-state index is 12.2. The Labute approximate surface area is 127 Å². The lowest BCUT2D eigenvalue weighted by molar-refractivity contribution is 0.0600. The van der Waals surface area contributed by atoms with Crippen molar-refractivity contribution in [2.75, 3.05) is 7.11 Å². The van der Waals surface area contributed by atoms with Gasteiger partial charge in [0.05, 0.1) is 18.2 Å². The molecule has 0 N–H and O–H groups in total. The van der Waals surface area contributed by atoms with Crippen LogP contribution in [0.4, 0.5) is 0 Å². The molecule has 0 saturated heterocycles. The highest BCUT2D eigenvalue weighted by Gasteiger charge is 2.20. The molecule has 22 heavy (non-hydrogen) atoms. The van der Waals surface area contributed by atoms with Crippen LogP contribution in [0.3, 0.4) is 0 Å². The molecule has 6 nitrogen and oxygen atoms in total. The van der Waals surface area contributed by atoms with E-state index in [1.54, 1.807) is 12.1 Å². The van der Waals surface area contributed by atoms with Crippen molar-refractivity contribution in [3.8, 4) is 11.8 Å². The number of ether oxygens (including phenoxy) is 1. The van der Waals surface area contributed by atoms with E-state index in [0.717, 1.165) is 6.07 Å². The van der Waals surface area contributed by atoms with E-state index >= 15 is 0 Å². The SMILES string of the molecule is COC(=O)c1cccc(S(=O)(=O)Oc2ccccc2C#N)c1. The largest absolute Gasteiger partial charge is 0.465 e. The molecule has 0 saturated carbocycles. The number of nitrogens with zero attached hydrogens (tertiary/aromatic N) is 1. The third kappa shape index (κ3) is 3.24. The number of benzene rings is 2. The van der Waals surface area contributed by atoms with Crippen LogP contribution >= 0.6 is 0 Å². The Kier molecular flexibility index (Phi) is 4.44. The van der Waals surface area contributed by atoms with Crippen LogP contribution in [-0.2, 0) is 14.9 Å². The van der Waals surface area contributed by atoms with Crippen LogP contribution in [0.5, 0.6) is 5.75 Å². The summed E-state index contributed by atoms with van der Waals surface area (Å²) in [5.41, 5.74) is 0.177. The molecule has 2 aromatic carbocycles. The van der Waals surface area contributed by atoms with Crippen LogP contribution in [0.2, 0.25) is 0 Å². The highest BCUT2D eigenvalue weighted by molar-refractivity contribution is 7.87. The van der Waals surface area contributed by atoms with Gasteiger partial charge in [-0.3, -0.25) is 0 Å². The molecule has 2 aromatic rings. The minimum absolute atomic E-state index is 0.0755. The summed E-state index contributed by atoms with van der Waals surface area (Å²) in [4.78, 5) is 11.2. The minimum atomic E-state index is -4.17. The molecule has 7 heteroatoms. The Morgan fingerprint density at radius 2 is 1.86 bits per heavy atom. The summed E-state index contributed by atoms with van der Waals surface area (Å²) in [6.07, 6.45) is 0. The Bertz CT molecular complexity index is 852. The van der Waals surface area contributed by atoms with E-state index in [1.165, 1.54) is 37.4 Å². The van der Waals surface area contributed by atoms with Crippen molar-refractivity contribution in [1.82, 2.24) is 0 Å². The molecule has 0 atom stereocenters. The van der Waals surface area contributed by atoms with E-state index < -0.39 is 16.1 Å². The summed E-state index contributed by atoms with van der Waals surface area (Å²) in [5, 5.41) is 8.95. The van der Waals surface area contributed by atoms with Gasteiger partial charge in [-0.05, 0) is 30.3 Å². The lowest BCUT2D eigenvalue weighted by Gasteiger charge is -2.09. The van der Waals surface area contributed by atoms with Gasteiger partial charge in [-0.1, -0.05) is 18.2 Å². The first-order valence-corrected chi connectivity index (χ1v) is 7.51. The molecule has 0 unspecified atom stereocenters. The third-order valence-electron chi connectivity index (χ3n) is 2.75. The monoisotopic (exact) mass is 317 g/mol. The number of carbonyl (C=O) groups excluding carboxylic acids is 1. The second-order valence-corrected chi connectivity index (χ2v) is 5.71. The molecule has 0 bridgehead atoms. The standard InChI is InChI=1S/C15H11NO5S/c1-20-15(17)11-6-4-7-13(9-11)22(18,19)21-14-8-3-2-5-12(14)10-16/h2-9H,1H3. The van der Waals surface area contributed by atoms with Crippen molar-refractivity contribution in [2.45, 2.75) is 4.90 Å². The van der Waals surface area contributed by atoms with Crippen molar-refractivity contribution in [1.29, 1.82) is 5.26 Å². The molecule has 0 fully saturated rings. The fourth-order valence-corrected chi connectivity index (χ4v) is 2.69. The van der Waals surface area contributed by atoms with Crippen molar-refractivity contribution in [3.05, 3.63) is 59.7 Å². The van der Waals surface area contributed by atoms with Gasteiger partial charge in [0, 0.05) is 0 Å². The first kappa shape index (κ1) is 15.5. The number of nitriles is 1. The molecule has 112 valence electrons. The highest BCUT2D eigenvalue weighted by atomic mass is 32.2. The van der Waals surface area contributed by atoms with E-state index in [9.17, 15) is 13.2 Å². The fraction of sp³-hybridized carbons (Fsp3) is 0.0667. The van der Waals surface area contributed by atoms with E-state index in [2.05, 4.69) is 4.74 Å². The van der Waals surface area contributed by atoms with Gasteiger partial charge in [0.15, 0.2) is 5.75 Å². The molecule has 0 heterocycles. The Balaban J connectivity index is 2.39. The zero-order valence-electron chi connectivity index (χ0n) is 11.5. The summed E-state index contributed by atoms with van der Waals surface area (Å²) in [6.45, 7) is 0. The van der Waals surface area contributed by atoms with Crippen LogP contribution in [0.15, 0.2) is 53.4 Å². The number of para-hydroxylation sites is 1. The molecule has 0 aliphatic rings. The van der Waals surface area contributed by atoms with Crippen LogP contribution in [0, 0.1) is 11.3 Å². The first-order valence-electron chi connectivity index (χ1n) is 6.10. The number of methoxy groups -OCH3 is 1. The van der Waals surface area contributed by atoms with Gasteiger partial charge in [0.2, 0.25) is 0 Å². The topological polar surface area (TPSA) is 93.5 Å². The van der Waals surface area contributed by atoms with Gasteiger partial charge in [-0.2, -0.15) is 13.7 Å². The number of hydrogen-bond acceptors (Lipinski definition) is 6.